The minimum absolute atomic E-state index is 0.0299. The number of nitrogens with zero attached hydrogens (tertiary/aromatic N) is 1. The van der Waals surface area contributed by atoms with E-state index in [1.165, 1.54) is 6.26 Å². The van der Waals surface area contributed by atoms with Gasteiger partial charge in [-0.05, 0) is 22.9 Å². The molecule has 8 heteroatoms. The summed E-state index contributed by atoms with van der Waals surface area (Å²) in [6, 6.07) is 9.52. The molecular formula is C15H13BrN2O4S. The third-order valence-corrected chi connectivity index (χ3v) is 5.65. The lowest BCUT2D eigenvalue weighted by atomic mass is 10.1. The molecule has 0 unspecified atom stereocenters. The molecule has 1 N–H and O–H groups in total. The number of nitrogens with one attached hydrogen (secondary N) is 1. The van der Waals surface area contributed by atoms with Crippen molar-refractivity contribution in [1.82, 2.24) is 9.88 Å². The van der Waals surface area contributed by atoms with Crippen LogP contribution in [0.15, 0.2) is 61.2 Å². The van der Waals surface area contributed by atoms with Gasteiger partial charge < -0.3 is 8.94 Å². The molecule has 1 aromatic carbocycles. The molecule has 120 valence electrons. The topological polar surface area (TPSA) is 85.3 Å². The Morgan fingerprint density at radius 1 is 1.22 bits per heavy atom. The van der Waals surface area contributed by atoms with Gasteiger partial charge in [-0.15, -0.1) is 0 Å². The van der Waals surface area contributed by atoms with Gasteiger partial charge in [-0.3, -0.25) is 0 Å². The van der Waals surface area contributed by atoms with Crippen LogP contribution >= 0.6 is 15.9 Å². The molecule has 0 saturated heterocycles. The van der Waals surface area contributed by atoms with Gasteiger partial charge in [-0.2, -0.15) is 0 Å². The van der Waals surface area contributed by atoms with Crippen molar-refractivity contribution in [3.63, 3.8) is 0 Å². The molecule has 0 saturated carbocycles. The summed E-state index contributed by atoms with van der Waals surface area (Å²) >= 11 is 3.13. The van der Waals surface area contributed by atoms with Gasteiger partial charge in [-0.25, -0.2) is 13.1 Å². The average molecular weight is 397 g/mol. The minimum atomic E-state index is -3.69. The van der Waals surface area contributed by atoms with Crippen LogP contribution in [0.3, 0.4) is 0 Å². The van der Waals surface area contributed by atoms with Crippen molar-refractivity contribution in [1.29, 1.82) is 0 Å². The smallest absolute Gasteiger partial charge is 0.245 e. The fraction of sp³-hybridized carbons (Fsp3) is 0.133. The maximum atomic E-state index is 12.2. The number of halogens is 1. The third kappa shape index (κ3) is 3.24. The van der Waals surface area contributed by atoms with Crippen LogP contribution in [-0.2, 0) is 16.6 Å². The summed E-state index contributed by atoms with van der Waals surface area (Å²) < 4.78 is 37.5. The molecular weight excluding hydrogens is 384 g/mol. The highest BCUT2D eigenvalue weighted by Gasteiger charge is 2.21. The van der Waals surface area contributed by atoms with E-state index in [0.717, 1.165) is 17.4 Å². The van der Waals surface area contributed by atoms with Gasteiger partial charge in [0.15, 0.2) is 5.76 Å². The number of benzene rings is 1. The highest BCUT2D eigenvalue weighted by atomic mass is 79.9. The van der Waals surface area contributed by atoms with Crippen molar-refractivity contribution in [2.75, 3.05) is 0 Å². The lowest BCUT2D eigenvalue weighted by Gasteiger charge is -2.03. The Morgan fingerprint density at radius 3 is 2.61 bits per heavy atom. The second kappa shape index (κ2) is 6.31. The SMILES string of the molecule is Cc1c(CNS(=O)(=O)c2cocc2Br)noc1-c1ccccc1. The number of rotatable bonds is 5. The van der Waals surface area contributed by atoms with E-state index in [2.05, 4.69) is 25.8 Å². The van der Waals surface area contributed by atoms with Gasteiger partial charge in [0, 0.05) is 11.1 Å². The van der Waals surface area contributed by atoms with Gasteiger partial charge in [0.25, 0.3) is 0 Å². The molecule has 0 radical (unpaired) electrons. The predicted octanol–water partition coefficient (Wildman–Crippen LogP) is 3.48. The van der Waals surface area contributed by atoms with Gasteiger partial charge in [0.1, 0.15) is 23.1 Å². The van der Waals surface area contributed by atoms with Crippen molar-refractivity contribution in [3.8, 4) is 11.3 Å². The first-order valence-electron chi connectivity index (χ1n) is 6.71. The molecule has 0 spiro atoms. The van der Waals surface area contributed by atoms with Crippen LogP contribution in [0.2, 0.25) is 0 Å². The molecule has 0 fully saturated rings. The Balaban J connectivity index is 1.80. The van der Waals surface area contributed by atoms with E-state index in [4.69, 9.17) is 8.94 Å². The normalized spacial score (nSPS) is 11.7. The van der Waals surface area contributed by atoms with Crippen molar-refractivity contribution in [2.45, 2.75) is 18.4 Å². The fourth-order valence-electron chi connectivity index (χ4n) is 2.10. The lowest BCUT2D eigenvalue weighted by Crippen LogP contribution is -2.23. The third-order valence-electron chi connectivity index (χ3n) is 3.36. The lowest BCUT2D eigenvalue weighted by molar-refractivity contribution is 0.422. The van der Waals surface area contributed by atoms with Crippen LogP contribution in [0.25, 0.3) is 11.3 Å². The number of hydrogen-bond acceptors (Lipinski definition) is 5. The van der Waals surface area contributed by atoms with Crippen LogP contribution in [0.5, 0.6) is 0 Å². The largest absolute Gasteiger partial charge is 0.470 e. The number of aromatic nitrogens is 1. The van der Waals surface area contributed by atoms with Crippen LogP contribution in [0.4, 0.5) is 0 Å². The summed E-state index contributed by atoms with van der Waals surface area (Å²) in [5, 5.41) is 3.96. The first-order chi connectivity index (χ1) is 11.0. The molecule has 0 amide bonds. The molecule has 3 rings (SSSR count). The van der Waals surface area contributed by atoms with E-state index >= 15 is 0 Å². The fourth-order valence-corrected chi connectivity index (χ4v) is 3.91. The maximum Gasteiger partial charge on any atom is 0.245 e. The first-order valence-corrected chi connectivity index (χ1v) is 8.98. The summed E-state index contributed by atoms with van der Waals surface area (Å²) in [6.45, 7) is 1.87. The van der Waals surface area contributed by atoms with E-state index in [9.17, 15) is 8.42 Å². The molecule has 6 nitrogen and oxygen atoms in total. The molecule has 23 heavy (non-hydrogen) atoms. The predicted molar refractivity (Wildman–Crippen MR) is 87.1 cm³/mol. The zero-order valence-electron chi connectivity index (χ0n) is 12.1. The van der Waals surface area contributed by atoms with E-state index < -0.39 is 10.0 Å². The standard InChI is InChI=1S/C15H13BrN2O4S/c1-10-13(18-22-15(10)11-5-3-2-4-6-11)7-17-23(19,20)14-9-21-8-12(14)16/h2-6,8-9,17H,7H2,1H3. The van der Waals surface area contributed by atoms with Crippen LogP contribution < -0.4 is 4.72 Å². The molecule has 0 aliphatic rings. The highest BCUT2D eigenvalue weighted by molar-refractivity contribution is 9.10. The van der Waals surface area contributed by atoms with E-state index in [1.54, 1.807) is 0 Å². The molecule has 2 heterocycles. The van der Waals surface area contributed by atoms with Crippen molar-refractivity contribution in [3.05, 3.63) is 58.6 Å². The monoisotopic (exact) mass is 396 g/mol. The number of hydrogen-bond donors (Lipinski definition) is 1. The van der Waals surface area contributed by atoms with E-state index in [-0.39, 0.29) is 11.4 Å². The molecule has 0 aliphatic heterocycles. The minimum Gasteiger partial charge on any atom is -0.470 e. The zero-order chi connectivity index (χ0) is 16.4. The summed E-state index contributed by atoms with van der Waals surface area (Å²) in [5.74, 6) is 0.629. The highest BCUT2D eigenvalue weighted by Crippen LogP contribution is 2.26. The van der Waals surface area contributed by atoms with Crippen LogP contribution in [-0.4, -0.2) is 13.6 Å². The van der Waals surface area contributed by atoms with Crippen LogP contribution in [0.1, 0.15) is 11.3 Å². The van der Waals surface area contributed by atoms with Gasteiger partial charge in [0.2, 0.25) is 10.0 Å². The maximum absolute atomic E-state index is 12.2. The molecule has 3 aromatic rings. The first kappa shape index (κ1) is 16.0. The molecule has 0 aliphatic carbocycles. The number of furan rings is 1. The Bertz CT molecular complexity index is 916. The summed E-state index contributed by atoms with van der Waals surface area (Å²) in [7, 11) is -3.69. The van der Waals surface area contributed by atoms with Crippen molar-refractivity contribution < 1.29 is 17.4 Å². The summed E-state index contributed by atoms with van der Waals surface area (Å²) in [5.41, 5.74) is 2.22. The zero-order valence-corrected chi connectivity index (χ0v) is 14.5. The molecule has 0 atom stereocenters. The second-order valence-electron chi connectivity index (χ2n) is 4.86. The Kier molecular flexibility index (Phi) is 4.38. The summed E-state index contributed by atoms with van der Waals surface area (Å²) in [6.07, 6.45) is 2.47. The van der Waals surface area contributed by atoms with Crippen molar-refractivity contribution >= 4 is 26.0 Å². The quantitative estimate of drug-likeness (QED) is 0.713. The van der Waals surface area contributed by atoms with Gasteiger partial charge in [-0.1, -0.05) is 35.5 Å². The number of sulfonamides is 1. The van der Waals surface area contributed by atoms with Crippen LogP contribution in [0, 0.1) is 6.92 Å². The van der Waals surface area contributed by atoms with E-state index in [0.29, 0.717) is 15.9 Å². The Morgan fingerprint density at radius 2 is 1.96 bits per heavy atom. The van der Waals surface area contributed by atoms with Gasteiger partial charge >= 0.3 is 0 Å². The van der Waals surface area contributed by atoms with Crippen molar-refractivity contribution in [2.24, 2.45) is 0 Å². The van der Waals surface area contributed by atoms with Gasteiger partial charge in [0.05, 0.1) is 11.0 Å². The second-order valence-corrected chi connectivity index (χ2v) is 7.45. The van der Waals surface area contributed by atoms with E-state index in [1.807, 2.05) is 37.3 Å². The Labute approximate surface area is 141 Å². The molecule has 0 bridgehead atoms. The molecule has 2 aromatic heterocycles. The Hall–Kier alpha value is -1.90. The summed E-state index contributed by atoms with van der Waals surface area (Å²) in [4.78, 5) is 0.0435. The average Bonchev–Trinajstić information content (AvgIpc) is 3.13.